The van der Waals surface area contributed by atoms with Gasteiger partial charge in [0.05, 0.1) is 11.1 Å². The SMILES string of the molecule is OC1=C(c2c(O)c(F)c(F)c(F)c2F)C(O)(O)CC=C1. The van der Waals surface area contributed by atoms with Crippen molar-refractivity contribution < 1.29 is 38.0 Å². The highest BCUT2D eigenvalue weighted by atomic mass is 19.2. The number of aliphatic hydroxyl groups excluding tert-OH is 1. The number of phenols is 1. The first-order valence-electron chi connectivity index (χ1n) is 5.28. The molecule has 8 heteroatoms. The third-order valence-corrected chi connectivity index (χ3v) is 2.83. The van der Waals surface area contributed by atoms with Crippen molar-refractivity contribution >= 4 is 5.57 Å². The maximum absolute atomic E-state index is 13.7. The van der Waals surface area contributed by atoms with E-state index < -0.39 is 58.1 Å². The van der Waals surface area contributed by atoms with E-state index in [4.69, 9.17) is 0 Å². The third kappa shape index (κ3) is 1.93. The van der Waals surface area contributed by atoms with E-state index in [0.717, 1.165) is 12.2 Å². The first-order chi connectivity index (χ1) is 9.18. The minimum atomic E-state index is -2.88. The topological polar surface area (TPSA) is 80.9 Å². The summed E-state index contributed by atoms with van der Waals surface area (Å²) in [5, 5.41) is 38.1. The zero-order valence-electron chi connectivity index (χ0n) is 9.66. The molecule has 0 fully saturated rings. The van der Waals surface area contributed by atoms with Crippen LogP contribution in [0.25, 0.3) is 5.57 Å². The summed E-state index contributed by atoms with van der Waals surface area (Å²) >= 11 is 0. The lowest BCUT2D eigenvalue weighted by atomic mass is 9.89. The molecule has 0 saturated carbocycles. The molecule has 4 N–H and O–H groups in total. The number of rotatable bonds is 1. The molecule has 0 unspecified atom stereocenters. The number of allylic oxidation sites excluding steroid dienone is 1. The van der Waals surface area contributed by atoms with Crippen LogP contribution in [0.3, 0.4) is 0 Å². The Balaban J connectivity index is 2.86. The van der Waals surface area contributed by atoms with E-state index in [1.54, 1.807) is 0 Å². The predicted molar refractivity (Wildman–Crippen MR) is 58.4 cm³/mol. The molecule has 1 aliphatic rings. The van der Waals surface area contributed by atoms with Gasteiger partial charge in [-0.25, -0.2) is 13.2 Å². The molecule has 108 valence electrons. The van der Waals surface area contributed by atoms with Gasteiger partial charge in [-0.05, 0) is 6.08 Å². The van der Waals surface area contributed by atoms with E-state index in [2.05, 4.69) is 0 Å². The normalized spacial score (nSPS) is 17.7. The zero-order valence-corrected chi connectivity index (χ0v) is 9.66. The van der Waals surface area contributed by atoms with Gasteiger partial charge in [0.2, 0.25) is 11.6 Å². The molecule has 0 radical (unpaired) electrons. The highest BCUT2D eigenvalue weighted by Gasteiger charge is 2.39. The van der Waals surface area contributed by atoms with Crippen LogP contribution in [0, 0.1) is 23.3 Å². The maximum Gasteiger partial charge on any atom is 0.204 e. The Morgan fingerprint density at radius 3 is 2.00 bits per heavy atom. The lowest BCUT2D eigenvalue weighted by Crippen LogP contribution is -2.32. The van der Waals surface area contributed by atoms with Gasteiger partial charge in [-0.3, -0.25) is 0 Å². The molecule has 1 aromatic rings. The van der Waals surface area contributed by atoms with Gasteiger partial charge in [-0.15, -0.1) is 0 Å². The summed E-state index contributed by atoms with van der Waals surface area (Å²) in [6, 6.07) is 0. The number of aliphatic hydroxyl groups is 3. The molecule has 2 rings (SSSR count). The number of hydrogen-bond acceptors (Lipinski definition) is 4. The molecule has 0 atom stereocenters. The second-order valence-electron chi connectivity index (χ2n) is 4.16. The zero-order chi connectivity index (χ0) is 15.2. The average Bonchev–Trinajstić information content (AvgIpc) is 2.37. The van der Waals surface area contributed by atoms with Crippen molar-refractivity contribution in [2.75, 3.05) is 0 Å². The van der Waals surface area contributed by atoms with Crippen molar-refractivity contribution in [1.82, 2.24) is 0 Å². The fourth-order valence-corrected chi connectivity index (χ4v) is 1.90. The van der Waals surface area contributed by atoms with Crippen molar-refractivity contribution in [3.05, 3.63) is 46.7 Å². The van der Waals surface area contributed by atoms with Crippen LogP contribution in [-0.2, 0) is 0 Å². The van der Waals surface area contributed by atoms with Gasteiger partial charge in [-0.2, -0.15) is 4.39 Å². The molecule has 1 aliphatic carbocycles. The second kappa shape index (κ2) is 4.50. The Morgan fingerprint density at radius 2 is 1.45 bits per heavy atom. The molecule has 0 aromatic heterocycles. The smallest absolute Gasteiger partial charge is 0.204 e. The second-order valence-corrected chi connectivity index (χ2v) is 4.16. The quantitative estimate of drug-likeness (QED) is 0.276. The number of aromatic hydroxyl groups is 1. The third-order valence-electron chi connectivity index (χ3n) is 2.83. The van der Waals surface area contributed by atoms with Crippen LogP contribution in [0.15, 0.2) is 17.9 Å². The number of hydrogen-bond donors (Lipinski definition) is 4. The fourth-order valence-electron chi connectivity index (χ4n) is 1.90. The molecule has 0 amide bonds. The van der Waals surface area contributed by atoms with Gasteiger partial charge >= 0.3 is 0 Å². The fraction of sp³-hybridized carbons (Fsp3) is 0.167. The summed E-state index contributed by atoms with van der Waals surface area (Å²) in [6.45, 7) is 0. The molecule has 4 nitrogen and oxygen atoms in total. The van der Waals surface area contributed by atoms with E-state index in [0.29, 0.717) is 0 Å². The Kier molecular flexibility index (Phi) is 3.23. The summed E-state index contributed by atoms with van der Waals surface area (Å²) in [5.74, 6) is -14.1. The van der Waals surface area contributed by atoms with Gasteiger partial charge in [0.15, 0.2) is 23.2 Å². The largest absolute Gasteiger partial charge is 0.507 e. The van der Waals surface area contributed by atoms with Crippen LogP contribution < -0.4 is 0 Å². The summed E-state index contributed by atoms with van der Waals surface area (Å²) < 4.78 is 53.0. The first-order valence-corrected chi connectivity index (χ1v) is 5.28. The van der Waals surface area contributed by atoms with Crippen LogP contribution in [-0.4, -0.2) is 26.2 Å². The van der Waals surface area contributed by atoms with Gasteiger partial charge in [0.25, 0.3) is 0 Å². The molecule has 0 saturated heterocycles. The standard InChI is InChI=1S/C12H8F4O4/c13-7-5(11(18)10(16)9(15)8(7)14)6-4(17)2-1-3-12(6,19)20/h1-2,17-20H,3H2. The number of phenolic OH excluding ortho intramolecular Hbond substituents is 1. The summed E-state index contributed by atoms with van der Waals surface area (Å²) in [5.41, 5.74) is -2.42. The van der Waals surface area contributed by atoms with Crippen molar-refractivity contribution in [3.8, 4) is 5.75 Å². The Labute approximate surface area is 109 Å². The molecule has 0 heterocycles. The van der Waals surface area contributed by atoms with E-state index in [1.165, 1.54) is 0 Å². The van der Waals surface area contributed by atoms with Gasteiger partial charge in [0.1, 0.15) is 5.76 Å². The van der Waals surface area contributed by atoms with Crippen molar-refractivity contribution in [2.24, 2.45) is 0 Å². The Bertz CT molecular complexity index is 620. The minimum Gasteiger partial charge on any atom is -0.507 e. The van der Waals surface area contributed by atoms with E-state index >= 15 is 0 Å². The van der Waals surface area contributed by atoms with E-state index in [-0.39, 0.29) is 0 Å². The monoisotopic (exact) mass is 292 g/mol. The Morgan fingerprint density at radius 1 is 0.900 bits per heavy atom. The molecule has 0 spiro atoms. The Hall–Kier alpha value is -2.06. The molecule has 0 aliphatic heterocycles. The number of benzene rings is 1. The lowest BCUT2D eigenvalue weighted by Gasteiger charge is -2.28. The van der Waals surface area contributed by atoms with E-state index in [1.807, 2.05) is 0 Å². The summed E-state index contributed by atoms with van der Waals surface area (Å²) in [7, 11) is 0. The summed E-state index contributed by atoms with van der Waals surface area (Å²) in [6.07, 6.45) is 1.48. The van der Waals surface area contributed by atoms with Crippen molar-refractivity contribution in [1.29, 1.82) is 0 Å². The minimum absolute atomic E-state index is 0.536. The summed E-state index contributed by atoms with van der Waals surface area (Å²) in [4.78, 5) is 0. The van der Waals surface area contributed by atoms with Crippen LogP contribution in [0.4, 0.5) is 17.6 Å². The maximum atomic E-state index is 13.7. The average molecular weight is 292 g/mol. The first kappa shape index (κ1) is 14.4. The molecule has 1 aromatic carbocycles. The van der Waals surface area contributed by atoms with Gasteiger partial charge < -0.3 is 20.4 Å². The van der Waals surface area contributed by atoms with Crippen LogP contribution in [0.2, 0.25) is 0 Å². The van der Waals surface area contributed by atoms with Gasteiger partial charge in [0, 0.05) is 6.42 Å². The van der Waals surface area contributed by atoms with Gasteiger partial charge in [-0.1, -0.05) is 6.08 Å². The highest BCUT2D eigenvalue weighted by Crippen LogP contribution is 2.42. The molecule has 20 heavy (non-hydrogen) atoms. The number of halogens is 4. The van der Waals surface area contributed by atoms with Crippen LogP contribution in [0.1, 0.15) is 12.0 Å². The lowest BCUT2D eigenvalue weighted by molar-refractivity contribution is -0.107. The molecular formula is C12H8F4O4. The van der Waals surface area contributed by atoms with E-state index in [9.17, 15) is 38.0 Å². The highest BCUT2D eigenvalue weighted by molar-refractivity contribution is 5.79. The predicted octanol–water partition coefficient (Wildman–Crippen LogP) is 1.86. The van der Waals surface area contributed by atoms with Crippen molar-refractivity contribution in [3.63, 3.8) is 0 Å². The molecular weight excluding hydrogens is 284 g/mol. The molecule has 0 bridgehead atoms. The van der Waals surface area contributed by atoms with Crippen molar-refractivity contribution in [2.45, 2.75) is 12.2 Å². The van der Waals surface area contributed by atoms with Crippen LogP contribution >= 0.6 is 0 Å². The van der Waals surface area contributed by atoms with Crippen LogP contribution in [0.5, 0.6) is 5.75 Å².